The topological polar surface area (TPSA) is 88.4 Å². The van der Waals surface area contributed by atoms with E-state index in [1.54, 1.807) is 36.4 Å². The number of hydrogen-bond donors (Lipinski definition) is 1. The smallest absolute Gasteiger partial charge is 0.267 e. The van der Waals surface area contributed by atoms with Crippen LogP contribution < -0.4 is 10.9 Å². The third kappa shape index (κ3) is 5.61. The van der Waals surface area contributed by atoms with Crippen molar-refractivity contribution >= 4 is 51.7 Å². The van der Waals surface area contributed by atoms with Crippen molar-refractivity contribution in [2.75, 3.05) is 65.0 Å². The largest absolute Gasteiger partial charge is 0.385 e. The van der Waals surface area contributed by atoms with Crippen LogP contribution in [0.5, 0.6) is 0 Å². The quantitative estimate of drug-likeness (QED) is 0.321. The van der Waals surface area contributed by atoms with Gasteiger partial charge in [-0.1, -0.05) is 30.0 Å². The molecule has 0 aromatic carbocycles. The number of hydrogen-bond acceptors (Lipinski definition) is 9. The predicted molar refractivity (Wildman–Crippen MR) is 134 cm³/mol. The van der Waals surface area contributed by atoms with Gasteiger partial charge in [-0.15, -0.1) is 0 Å². The molecule has 4 heterocycles. The van der Waals surface area contributed by atoms with Crippen molar-refractivity contribution in [3.63, 3.8) is 0 Å². The molecule has 0 saturated carbocycles. The number of nitrogens with one attached hydrogen (secondary N) is 1. The first-order chi connectivity index (χ1) is 16.1. The second kappa shape index (κ2) is 11.2. The third-order valence-corrected chi connectivity index (χ3v) is 6.85. The van der Waals surface area contributed by atoms with E-state index < -0.39 is 0 Å². The summed E-state index contributed by atoms with van der Waals surface area (Å²) in [6.07, 6.45) is 3.97. The molecule has 0 unspecified atom stereocenters. The lowest BCUT2D eigenvalue weighted by Crippen LogP contribution is -2.39. The summed E-state index contributed by atoms with van der Waals surface area (Å²) >= 11 is 6.61. The zero-order chi connectivity index (χ0) is 23.2. The third-order valence-electron chi connectivity index (χ3n) is 5.47. The van der Waals surface area contributed by atoms with Crippen molar-refractivity contribution in [3.8, 4) is 0 Å². The van der Waals surface area contributed by atoms with Gasteiger partial charge >= 0.3 is 0 Å². The molecule has 2 aliphatic heterocycles. The van der Waals surface area contributed by atoms with Crippen molar-refractivity contribution in [1.82, 2.24) is 19.2 Å². The van der Waals surface area contributed by atoms with Crippen LogP contribution in [0, 0.1) is 0 Å². The molecule has 0 radical (unpaired) electrons. The number of thiocarbonyl (C=S) groups is 1. The van der Waals surface area contributed by atoms with E-state index in [2.05, 4.69) is 15.2 Å². The number of anilines is 1. The number of nitrogens with zero attached hydrogens (tertiary/aromatic N) is 4. The summed E-state index contributed by atoms with van der Waals surface area (Å²) in [5.74, 6) is 0.266. The van der Waals surface area contributed by atoms with Gasteiger partial charge in [0, 0.05) is 52.6 Å². The number of thioether (sulfide) groups is 1. The molecule has 9 nitrogen and oxygen atoms in total. The highest BCUT2D eigenvalue weighted by Crippen LogP contribution is 2.33. The average Bonchev–Trinajstić information content (AvgIpc) is 3.09. The summed E-state index contributed by atoms with van der Waals surface area (Å²) in [5, 5.41) is 3.31. The van der Waals surface area contributed by atoms with Crippen LogP contribution in [0.25, 0.3) is 11.7 Å². The molecule has 2 aliphatic rings. The fraction of sp³-hybridized carbons (Fsp3) is 0.455. The number of pyridine rings is 1. The Morgan fingerprint density at radius 3 is 2.88 bits per heavy atom. The Hall–Kier alpha value is -2.31. The van der Waals surface area contributed by atoms with E-state index in [-0.39, 0.29) is 11.5 Å². The summed E-state index contributed by atoms with van der Waals surface area (Å²) < 4.78 is 12.4. The zero-order valence-corrected chi connectivity index (χ0v) is 20.1. The van der Waals surface area contributed by atoms with E-state index in [1.165, 1.54) is 16.2 Å². The van der Waals surface area contributed by atoms with Crippen LogP contribution in [0.15, 0.2) is 34.1 Å². The van der Waals surface area contributed by atoms with E-state index in [9.17, 15) is 9.59 Å². The van der Waals surface area contributed by atoms with Crippen molar-refractivity contribution < 1.29 is 14.3 Å². The number of carbonyl (C=O) groups is 1. The molecular weight excluding hydrogens is 462 g/mol. The number of ether oxygens (including phenoxy) is 2. The number of methoxy groups -OCH3 is 1. The Morgan fingerprint density at radius 2 is 2.09 bits per heavy atom. The van der Waals surface area contributed by atoms with Crippen molar-refractivity contribution in [2.45, 2.75) is 6.42 Å². The molecule has 2 aromatic rings. The monoisotopic (exact) mass is 489 g/mol. The average molecular weight is 490 g/mol. The van der Waals surface area contributed by atoms with Crippen LogP contribution in [-0.2, 0) is 14.3 Å². The second-order valence-corrected chi connectivity index (χ2v) is 9.34. The fourth-order valence-corrected chi connectivity index (χ4v) is 5.01. The number of carbonyl (C=O) groups excluding carboxylic acids is 1. The summed E-state index contributed by atoms with van der Waals surface area (Å²) in [6.45, 7) is 5.68. The summed E-state index contributed by atoms with van der Waals surface area (Å²) in [4.78, 5) is 35.2. The maximum absolute atomic E-state index is 13.3. The van der Waals surface area contributed by atoms with Crippen LogP contribution in [-0.4, -0.2) is 89.1 Å². The molecule has 0 aliphatic carbocycles. The molecule has 1 N–H and O–H groups in total. The lowest BCUT2D eigenvalue weighted by molar-refractivity contribution is -0.122. The SMILES string of the molecule is COCCCN1C(=O)C(=Cc2c(NCCN3CCOCC3)nc3ccccn3c2=O)SC1=S. The Kier molecular flexibility index (Phi) is 8.10. The number of rotatable bonds is 9. The molecule has 4 rings (SSSR count). The van der Waals surface area contributed by atoms with Gasteiger partial charge in [-0.25, -0.2) is 4.98 Å². The molecule has 2 fully saturated rings. The second-order valence-electron chi connectivity index (χ2n) is 7.67. The minimum Gasteiger partial charge on any atom is -0.385 e. The molecule has 2 saturated heterocycles. The van der Waals surface area contributed by atoms with Gasteiger partial charge in [0.2, 0.25) is 0 Å². The van der Waals surface area contributed by atoms with Gasteiger partial charge < -0.3 is 14.8 Å². The molecule has 2 aromatic heterocycles. The molecule has 11 heteroatoms. The van der Waals surface area contributed by atoms with Crippen molar-refractivity contribution in [3.05, 3.63) is 45.2 Å². The van der Waals surface area contributed by atoms with Gasteiger partial charge in [0.05, 0.1) is 23.7 Å². The number of fused-ring (bicyclic) bond motifs is 1. The van der Waals surface area contributed by atoms with Crippen LogP contribution >= 0.6 is 24.0 Å². The van der Waals surface area contributed by atoms with E-state index in [0.717, 1.165) is 32.8 Å². The lowest BCUT2D eigenvalue weighted by atomic mass is 10.2. The highest BCUT2D eigenvalue weighted by atomic mass is 32.2. The van der Waals surface area contributed by atoms with Crippen LogP contribution in [0.2, 0.25) is 0 Å². The minimum atomic E-state index is -0.237. The van der Waals surface area contributed by atoms with Gasteiger partial charge in [-0.3, -0.25) is 23.8 Å². The van der Waals surface area contributed by atoms with Gasteiger partial charge in [0.15, 0.2) is 0 Å². The first-order valence-corrected chi connectivity index (χ1v) is 12.1. The van der Waals surface area contributed by atoms with E-state index in [4.69, 9.17) is 21.7 Å². The number of aromatic nitrogens is 2. The number of morpholine rings is 1. The first kappa shape index (κ1) is 23.8. The summed E-state index contributed by atoms with van der Waals surface area (Å²) in [6, 6.07) is 5.40. The van der Waals surface area contributed by atoms with Crippen LogP contribution in [0.4, 0.5) is 5.82 Å². The standard InChI is InChI=1S/C22H27N5O4S2/c1-30-12-4-8-27-21(29)17(33-22(27)32)15-16-19(23-6-9-25-10-13-31-14-11-25)24-18-5-2-3-7-26(18)20(16)28/h2-3,5,7,15,23H,4,6,8-14H2,1H3. The van der Waals surface area contributed by atoms with E-state index in [0.29, 0.717) is 52.4 Å². The van der Waals surface area contributed by atoms with Crippen LogP contribution in [0.3, 0.4) is 0 Å². The Balaban J connectivity index is 1.60. The van der Waals surface area contributed by atoms with E-state index in [1.807, 2.05) is 6.07 Å². The van der Waals surface area contributed by atoms with Gasteiger partial charge in [0.25, 0.3) is 11.5 Å². The number of amides is 1. The Morgan fingerprint density at radius 1 is 1.27 bits per heavy atom. The lowest BCUT2D eigenvalue weighted by Gasteiger charge is -2.26. The normalized spacial score (nSPS) is 18.6. The minimum absolute atomic E-state index is 0.196. The first-order valence-electron chi connectivity index (χ1n) is 10.9. The summed E-state index contributed by atoms with van der Waals surface area (Å²) in [5.41, 5.74) is 0.651. The molecule has 1 amide bonds. The Labute approximate surface area is 201 Å². The highest BCUT2D eigenvalue weighted by molar-refractivity contribution is 8.26. The summed E-state index contributed by atoms with van der Waals surface area (Å²) in [7, 11) is 1.62. The molecule has 0 spiro atoms. The zero-order valence-electron chi connectivity index (χ0n) is 18.5. The maximum Gasteiger partial charge on any atom is 0.267 e. The fourth-order valence-electron chi connectivity index (χ4n) is 3.72. The maximum atomic E-state index is 13.3. The predicted octanol–water partition coefficient (Wildman–Crippen LogP) is 1.68. The van der Waals surface area contributed by atoms with Gasteiger partial charge in [0.1, 0.15) is 15.8 Å². The van der Waals surface area contributed by atoms with Crippen molar-refractivity contribution in [1.29, 1.82) is 0 Å². The molecule has 176 valence electrons. The highest BCUT2D eigenvalue weighted by Gasteiger charge is 2.32. The van der Waals surface area contributed by atoms with Gasteiger partial charge in [-0.2, -0.15) is 0 Å². The van der Waals surface area contributed by atoms with Gasteiger partial charge in [-0.05, 0) is 24.6 Å². The van der Waals surface area contributed by atoms with Crippen molar-refractivity contribution in [2.24, 2.45) is 0 Å². The molecule has 0 bridgehead atoms. The molecule has 33 heavy (non-hydrogen) atoms. The molecular formula is C22H27N5O4S2. The van der Waals surface area contributed by atoms with E-state index >= 15 is 0 Å². The molecule has 0 atom stereocenters. The van der Waals surface area contributed by atoms with Crippen LogP contribution in [0.1, 0.15) is 12.0 Å². The Bertz CT molecular complexity index is 1110.